The van der Waals surface area contributed by atoms with E-state index in [9.17, 15) is 19.8 Å². The number of amides is 1. The highest BCUT2D eigenvalue weighted by Gasteiger charge is 2.17. The summed E-state index contributed by atoms with van der Waals surface area (Å²) in [5, 5.41) is 34.6. The van der Waals surface area contributed by atoms with Gasteiger partial charge in [-0.25, -0.2) is 4.79 Å². The molecule has 0 spiro atoms. The summed E-state index contributed by atoms with van der Waals surface area (Å²) in [6.45, 7) is 0.402. The van der Waals surface area contributed by atoms with Crippen molar-refractivity contribution in [1.82, 2.24) is 5.32 Å². The molecule has 166 valence electrons. The second-order valence-corrected chi connectivity index (χ2v) is 8.86. The first-order valence-corrected chi connectivity index (χ1v) is 11.2. The number of phenolic OH excluding ortho intramolecular Hbond substituents is 1. The topological polar surface area (TPSA) is 107 Å². The number of aliphatic hydroxyl groups is 1. The highest BCUT2D eigenvalue weighted by molar-refractivity contribution is 14.1. The van der Waals surface area contributed by atoms with Crippen LogP contribution >= 0.6 is 22.6 Å². The van der Waals surface area contributed by atoms with Gasteiger partial charge in [-0.05, 0) is 93.0 Å². The zero-order valence-corrected chi connectivity index (χ0v) is 19.5. The molecular formula is C26H20INO5. The van der Waals surface area contributed by atoms with Crippen LogP contribution in [-0.4, -0.2) is 27.2 Å². The Labute approximate surface area is 203 Å². The van der Waals surface area contributed by atoms with Crippen LogP contribution in [0.4, 0.5) is 0 Å². The van der Waals surface area contributed by atoms with Gasteiger partial charge < -0.3 is 20.6 Å². The Morgan fingerprint density at radius 3 is 2.18 bits per heavy atom. The number of hydrogen-bond donors (Lipinski definition) is 4. The zero-order valence-electron chi connectivity index (χ0n) is 17.3. The fourth-order valence-electron chi connectivity index (χ4n) is 3.54. The molecule has 0 aliphatic carbocycles. The predicted octanol–water partition coefficient (Wildman–Crippen LogP) is 4.86. The fourth-order valence-corrected chi connectivity index (χ4v) is 3.90. The number of aromatic carboxylic acids is 1. The molecule has 0 heterocycles. The molecule has 4 aromatic carbocycles. The standard InChI is InChI=1S/C26H20INO5/c27-21-9-1-15(2-10-21)14-28-25(31)19-8-7-18-13-23(29)22(12-20(18)11-19)24(30)16-3-5-17(6-4-16)26(32)33/h1-13,24,29-30H,14H2,(H,28,31)(H,32,33). The highest BCUT2D eigenvalue weighted by Crippen LogP contribution is 2.33. The molecule has 1 amide bonds. The molecular weight excluding hydrogens is 533 g/mol. The molecule has 4 rings (SSSR count). The number of carboxylic acids is 1. The van der Waals surface area contributed by atoms with Crippen LogP contribution < -0.4 is 5.32 Å². The average molecular weight is 553 g/mol. The SMILES string of the molecule is O=C(O)c1ccc(C(O)c2cc3cc(C(=O)NCc4ccc(I)cc4)ccc3cc2O)cc1. The van der Waals surface area contributed by atoms with E-state index in [-0.39, 0.29) is 22.8 Å². The van der Waals surface area contributed by atoms with Gasteiger partial charge in [0.2, 0.25) is 0 Å². The molecule has 0 saturated carbocycles. The maximum Gasteiger partial charge on any atom is 0.335 e. The number of hydrogen-bond acceptors (Lipinski definition) is 4. The van der Waals surface area contributed by atoms with E-state index < -0.39 is 12.1 Å². The van der Waals surface area contributed by atoms with Crippen LogP contribution in [0.25, 0.3) is 10.8 Å². The number of carboxylic acid groups (broad SMARTS) is 1. The summed E-state index contributed by atoms with van der Waals surface area (Å²) in [7, 11) is 0. The average Bonchev–Trinajstić information content (AvgIpc) is 2.82. The minimum Gasteiger partial charge on any atom is -0.508 e. The number of nitrogens with one attached hydrogen (secondary N) is 1. The largest absolute Gasteiger partial charge is 0.508 e. The Kier molecular flexibility index (Phi) is 6.62. The molecule has 0 bridgehead atoms. The number of aromatic hydroxyl groups is 1. The molecule has 6 nitrogen and oxygen atoms in total. The minimum atomic E-state index is -1.16. The maximum absolute atomic E-state index is 12.7. The van der Waals surface area contributed by atoms with Gasteiger partial charge in [-0.1, -0.05) is 30.3 Å². The Hall–Kier alpha value is -3.43. The number of carbonyl (C=O) groups excluding carboxylic acids is 1. The lowest BCUT2D eigenvalue weighted by Crippen LogP contribution is -2.22. The van der Waals surface area contributed by atoms with Gasteiger partial charge in [0.25, 0.3) is 5.91 Å². The third-order valence-corrected chi connectivity index (χ3v) is 6.10. The molecule has 7 heteroatoms. The monoisotopic (exact) mass is 553 g/mol. The van der Waals surface area contributed by atoms with Gasteiger partial charge in [0.05, 0.1) is 5.56 Å². The lowest BCUT2D eigenvalue weighted by molar-refractivity contribution is 0.0696. The van der Waals surface area contributed by atoms with Crippen LogP contribution in [0.5, 0.6) is 5.75 Å². The Morgan fingerprint density at radius 2 is 1.52 bits per heavy atom. The van der Waals surface area contributed by atoms with Crippen molar-refractivity contribution >= 4 is 45.2 Å². The van der Waals surface area contributed by atoms with Crippen molar-refractivity contribution in [2.45, 2.75) is 12.6 Å². The Morgan fingerprint density at radius 1 is 0.848 bits per heavy atom. The second kappa shape index (κ2) is 9.60. The first-order valence-electron chi connectivity index (χ1n) is 10.1. The normalized spacial score (nSPS) is 11.8. The van der Waals surface area contributed by atoms with Gasteiger partial charge in [-0.3, -0.25) is 4.79 Å². The molecule has 1 unspecified atom stereocenters. The van der Waals surface area contributed by atoms with E-state index in [0.717, 1.165) is 14.5 Å². The predicted molar refractivity (Wildman–Crippen MR) is 133 cm³/mol. The summed E-state index contributed by atoms with van der Waals surface area (Å²) >= 11 is 2.23. The second-order valence-electron chi connectivity index (χ2n) is 7.61. The van der Waals surface area contributed by atoms with Crippen molar-refractivity contribution in [3.8, 4) is 5.75 Å². The Balaban J connectivity index is 1.58. The van der Waals surface area contributed by atoms with Gasteiger partial charge >= 0.3 is 5.97 Å². The number of rotatable bonds is 6. The lowest BCUT2D eigenvalue weighted by Gasteiger charge is -2.15. The van der Waals surface area contributed by atoms with Crippen molar-refractivity contribution in [3.63, 3.8) is 0 Å². The number of phenols is 1. The van der Waals surface area contributed by atoms with Gasteiger partial charge in [0.1, 0.15) is 11.9 Å². The van der Waals surface area contributed by atoms with Crippen molar-refractivity contribution in [3.05, 3.63) is 110 Å². The summed E-state index contributed by atoms with van der Waals surface area (Å²) in [6.07, 6.45) is -1.16. The number of aliphatic hydroxyl groups excluding tert-OH is 1. The molecule has 1 atom stereocenters. The summed E-state index contributed by atoms with van der Waals surface area (Å²) in [4.78, 5) is 23.7. The first-order chi connectivity index (χ1) is 15.8. The van der Waals surface area contributed by atoms with E-state index in [2.05, 4.69) is 27.9 Å². The Bertz CT molecular complexity index is 1330. The number of halogens is 1. The van der Waals surface area contributed by atoms with Crippen molar-refractivity contribution < 1.29 is 24.9 Å². The number of fused-ring (bicyclic) bond motifs is 1. The molecule has 0 aromatic heterocycles. The quantitative estimate of drug-likeness (QED) is 0.255. The van der Waals surface area contributed by atoms with Crippen molar-refractivity contribution in [2.24, 2.45) is 0 Å². The summed E-state index contributed by atoms with van der Waals surface area (Å²) in [5.74, 6) is -1.37. The molecule has 4 aromatic rings. The molecule has 0 radical (unpaired) electrons. The van der Waals surface area contributed by atoms with E-state index in [4.69, 9.17) is 5.11 Å². The zero-order chi connectivity index (χ0) is 23.5. The highest BCUT2D eigenvalue weighted by atomic mass is 127. The molecule has 0 aliphatic rings. The first kappa shape index (κ1) is 22.8. The molecule has 0 saturated heterocycles. The van der Waals surface area contributed by atoms with Crippen LogP contribution in [-0.2, 0) is 6.54 Å². The third-order valence-electron chi connectivity index (χ3n) is 5.38. The van der Waals surface area contributed by atoms with E-state index in [1.807, 2.05) is 24.3 Å². The van der Waals surface area contributed by atoms with Crippen LogP contribution in [0, 0.1) is 3.57 Å². The van der Waals surface area contributed by atoms with E-state index in [0.29, 0.717) is 23.1 Å². The van der Waals surface area contributed by atoms with Gasteiger partial charge in [0, 0.05) is 21.2 Å². The lowest BCUT2D eigenvalue weighted by atomic mass is 9.96. The number of carbonyl (C=O) groups is 2. The third kappa shape index (κ3) is 5.15. The maximum atomic E-state index is 12.7. The van der Waals surface area contributed by atoms with Gasteiger partial charge in [-0.2, -0.15) is 0 Å². The van der Waals surface area contributed by atoms with Crippen LogP contribution in [0.1, 0.15) is 43.5 Å². The van der Waals surface area contributed by atoms with Crippen molar-refractivity contribution in [2.75, 3.05) is 0 Å². The summed E-state index contributed by atoms with van der Waals surface area (Å²) in [5.41, 5.74) is 2.27. The summed E-state index contributed by atoms with van der Waals surface area (Å²) in [6, 6.07) is 22.0. The molecule has 33 heavy (non-hydrogen) atoms. The summed E-state index contributed by atoms with van der Waals surface area (Å²) < 4.78 is 1.12. The molecule has 0 fully saturated rings. The van der Waals surface area contributed by atoms with Crippen LogP contribution in [0.2, 0.25) is 0 Å². The van der Waals surface area contributed by atoms with Gasteiger partial charge in [-0.15, -0.1) is 0 Å². The van der Waals surface area contributed by atoms with Crippen LogP contribution in [0.3, 0.4) is 0 Å². The van der Waals surface area contributed by atoms with E-state index in [1.165, 1.54) is 30.3 Å². The van der Waals surface area contributed by atoms with E-state index in [1.54, 1.807) is 24.3 Å². The molecule has 0 aliphatic heterocycles. The van der Waals surface area contributed by atoms with Crippen LogP contribution in [0.15, 0.2) is 78.9 Å². The fraction of sp³-hybridized carbons (Fsp3) is 0.0769. The molecule has 4 N–H and O–H groups in total. The van der Waals surface area contributed by atoms with E-state index >= 15 is 0 Å². The van der Waals surface area contributed by atoms with Gasteiger partial charge in [0.15, 0.2) is 0 Å². The number of benzene rings is 4. The smallest absolute Gasteiger partial charge is 0.335 e. The minimum absolute atomic E-state index is 0.0896. The van der Waals surface area contributed by atoms with Crippen molar-refractivity contribution in [1.29, 1.82) is 0 Å².